The Hall–Kier alpha value is -0.790. The summed E-state index contributed by atoms with van der Waals surface area (Å²) in [5.74, 6) is 0.521. The molecular weight excluding hydrogens is 409 g/mol. The minimum atomic E-state index is -3.55. The summed E-state index contributed by atoms with van der Waals surface area (Å²) >= 11 is 7.79. The van der Waals surface area contributed by atoms with Crippen LogP contribution in [0.4, 0.5) is 5.69 Å². The van der Waals surface area contributed by atoms with E-state index < -0.39 is 10.0 Å². The summed E-state index contributed by atoms with van der Waals surface area (Å²) in [5.41, 5.74) is 1.58. The van der Waals surface area contributed by atoms with Crippen LogP contribution in [0.2, 0.25) is 0 Å². The molecule has 0 saturated carbocycles. The van der Waals surface area contributed by atoms with Crippen molar-refractivity contribution in [3.8, 4) is 0 Å². The fraction of sp³-hybridized carbons (Fsp3) is 0.143. The number of hydrogen-bond donors (Lipinski definition) is 1. The van der Waals surface area contributed by atoms with Crippen molar-refractivity contribution in [2.45, 2.75) is 11.3 Å². The van der Waals surface area contributed by atoms with Gasteiger partial charge in [0.05, 0.1) is 4.90 Å². The Bertz CT molecular complexity index is 687. The van der Waals surface area contributed by atoms with Crippen LogP contribution >= 0.6 is 34.2 Å². The zero-order valence-electron chi connectivity index (χ0n) is 10.5. The summed E-state index contributed by atoms with van der Waals surface area (Å²) in [7, 11) is -3.55. The van der Waals surface area contributed by atoms with E-state index in [1.54, 1.807) is 36.4 Å². The Balaban J connectivity index is 2.21. The quantitative estimate of drug-likeness (QED) is 0.588. The first-order valence-corrected chi connectivity index (χ1v) is 9.04. The molecule has 1 N–H and O–H groups in total. The number of hydrogen-bond acceptors (Lipinski definition) is 2. The van der Waals surface area contributed by atoms with Crippen LogP contribution < -0.4 is 4.72 Å². The summed E-state index contributed by atoms with van der Waals surface area (Å²) in [5, 5.41) is 0. The third-order valence-corrected chi connectivity index (χ3v) is 4.95. The zero-order valence-corrected chi connectivity index (χ0v) is 14.2. The van der Waals surface area contributed by atoms with Gasteiger partial charge in [0, 0.05) is 15.1 Å². The van der Waals surface area contributed by atoms with Crippen LogP contribution in [0.3, 0.4) is 0 Å². The second-order valence-corrected chi connectivity index (χ2v) is 7.50. The summed E-state index contributed by atoms with van der Waals surface area (Å²) in [6.45, 7) is 0. The van der Waals surface area contributed by atoms with Gasteiger partial charge in [-0.25, -0.2) is 8.42 Å². The number of alkyl halides is 1. The van der Waals surface area contributed by atoms with Crippen molar-refractivity contribution in [1.82, 2.24) is 0 Å². The van der Waals surface area contributed by atoms with Crippen molar-refractivity contribution in [2.75, 3.05) is 10.6 Å². The molecule has 0 aliphatic heterocycles. The van der Waals surface area contributed by atoms with Gasteiger partial charge in [-0.15, -0.1) is 11.6 Å². The molecule has 0 spiro atoms. The molecule has 3 nitrogen and oxygen atoms in total. The first-order chi connectivity index (χ1) is 9.51. The van der Waals surface area contributed by atoms with Gasteiger partial charge in [-0.05, 0) is 64.9 Å². The van der Waals surface area contributed by atoms with Crippen LogP contribution in [0.25, 0.3) is 0 Å². The maximum absolute atomic E-state index is 12.2. The van der Waals surface area contributed by atoms with E-state index in [1.165, 1.54) is 0 Å². The van der Waals surface area contributed by atoms with E-state index in [0.717, 1.165) is 15.6 Å². The number of anilines is 1. The summed E-state index contributed by atoms with van der Waals surface area (Å²) < 4.78 is 28.0. The molecule has 0 aromatic heterocycles. The molecule has 0 heterocycles. The number of aryl methyl sites for hydroxylation is 1. The Labute approximate surface area is 137 Å². The predicted octanol–water partition coefficient (Wildman–Crippen LogP) is 3.87. The minimum Gasteiger partial charge on any atom is -0.280 e. The lowest BCUT2D eigenvalue weighted by atomic mass is 10.2. The van der Waals surface area contributed by atoms with Gasteiger partial charge in [-0.1, -0.05) is 18.2 Å². The molecule has 0 saturated heterocycles. The highest BCUT2D eigenvalue weighted by Gasteiger charge is 2.13. The predicted molar refractivity (Wildman–Crippen MR) is 90.8 cm³/mol. The summed E-state index contributed by atoms with van der Waals surface area (Å²) in [6, 6.07) is 14.0. The second kappa shape index (κ2) is 6.78. The van der Waals surface area contributed by atoms with Crippen LogP contribution in [0.1, 0.15) is 5.56 Å². The fourth-order valence-corrected chi connectivity index (χ4v) is 3.52. The van der Waals surface area contributed by atoms with Crippen LogP contribution in [0.5, 0.6) is 0 Å². The van der Waals surface area contributed by atoms with Crippen molar-refractivity contribution < 1.29 is 8.42 Å². The SMILES string of the molecule is O=S(=O)(Nc1cccc(I)c1)c1ccc(CCCl)cc1. The monoisotopic (exact) mass is 421 g/mol. The molecule has 0 aliphatic rings. The van der Waals surface area contributed by atoms with E-state index in [0.29, 0.717) is 11.6 Å². The molecule has 0 radical (unpaired) electrons. The van der Waals surface area contributed by atoms with Gasteiger partial charge < -0.3 is 0 Å². The molecule has 0 bridgehead atoms. The largest absolute Gasteiger partial charge is 0.280 e. The Morgan fingerprint density at radius 3 is 2.40 bits per heavy atom. The summed E-state index contributed by atoms with van der Waals surface area (Å²) in [4.78, 5) is 0.245. The van der Waals surface area contributed by atoms with Crippen molar-refractivity contribution >= 4 is 49.9 Å². The van der Waals surface area contributed by atoms with Crippen LogP contribution in [0.15, 0.2) is 53.4 Å². The van der Waals surface area contributed by atoms with Crippen molar-refractivity contribution in [3.05, 3.63) is 57.7 Å². The summed E-state index contributed by atoms with van der Waals surface area (Å²) in [6.07, 6.45) is 0.728. The lowest BCUT2D eigenvalue weighted by molar-refractivity contribution is 0.601. The number of nitrogens with one attached hydrogen (secondary N) is 1. The van der Waals surface area contributed by atoms with E-state index in [1.807, 2.05) is 12.1 Å². The fourth-order valence-electron chi connectivity index (χ4n) is 1.71. The topological polar surface area (TPSA) is 46.2 Å². The molecule has 106 valence electrons. The number of rotatable bonds is 5. The van der Waals surface area contributed by atoms with E-state index in [2.05, 4.69) is 27.3 Å². The van der Waals surface area contributed by atoms with E-state index in [4.69, 9.17) is 11.6 Å². The number of halogens is 2. The Morgan fingerprint density at radius 2 is 1.80 bits per heavy atom. The molecule has 6 heteroatoms. The minimum absolute atomic E-state index is 0.245. The average Bonchev–Trinajstić information content (AvgIpc) is 2.39. The molecule has 2 rings (SSSR count). The first kappa shape index (κ1) is 15.6. The standard InChI is InChI=1S/C14H13ClINO2S/c15-9-8-11-4-6-14(7-5-11)20(18,19)17-13-3-1-2-12(16)10-13/h1-7,10,17H,8-9H2. The maximum atomic E-state index is 12.2. The molecule has 0 unspecified atom stereocenters. The molecule has 20 heavy (non-hydrogen) atoms. The molecular formula is C14H13ClINO2S. The highest BCUT2D eigenvalue weighted by atomic mass is 127. The Kier molecular flexibility index (Phi) is 5.29. The molecule has 2 aromatic carbocycles. The van der Waals surface area contributed by atoms with Gasteiger partial charge in [-0.3, -0.25) is 4.72 Å². The average molecular weight is 422 g/mol. The maximum Gasteiger partial charge on any atom is 0.261 e. The highest BCUT2D eigenvalue weighted by molar-refractivity contribution is 14.1. The van der Waals surface area contributed by atoms with Crippen LogP contribution in [-0.2, 0) is 16.4 Å². The van der Waals surface area contributed by atoms with Crippen molar-refractivity contribution in [2.24, 2.45) is 0 Å². The van der Waals surface area contributed by atoms with Gasteiger partial charge in [0.1, 0.15) is 0 Å². The molecule has 0 fully saturated rings. The normalized spacial score (nSPS) is 11.3. The van der Waals surface area contributed by atoms with Crippen LogP contribution in [0, 0.1) is 3.57 Å². The third kappa shape index (κ3) is 4.10. The molecule has 0 amide bonds. The van der Waals surface area contributed by atoms with Gasteiger partial charge in [0.25, 0.3) is 10.0 Å². The van der Waals surface area contributed by atoms with Crippen molar-refractivity contribution in [1.29, 1.82) is 0 Å². The smallest absolute Gasteiger partial charge is 0.261 e. The molecule has 0 aliphatic carbocycles. The third-order valence-electron chi connectivity index (χ3n) is 2.69. The second-order valence-electron chi connectivity index (χ2n) is 4.20. The van der Waals surface area contributed by atoms with Crippen LogP contribution in [-0.4, -0.2) is 14.3 Å². The van der Waals surface area contributed by atoms with E-state index >= 15 is 0 Å². The van der Waals surface area contributed by atoms with Gasteiger partial charge in [-0.2, -0.15) is 0 Å². The molecule has 2 aromatic rings. The van der Waals surface area contributed by atoms with Gasteiger partial charge in [0.15, 0.2) is 0 Å². The number of sulfonamides is 1. The highest BCUT2D eigenvalue weighted by Crippen LogP contribution is 2.18. The van der Waals surface area contributed by atoms with Gasteiger partial charge >= 0.3 is 0 Å². The van der Waals surface area contributed by atoms with Crippen molar-refractivity contribution in [3.63, 3.8) is 0 Å². The first-order valence-electron chi connectivity index (χ1n) is 5.94. The number of benzene rings is 2. The van der Waals surface area contributed by atoms with E-state index in [-0.39, 0.29) is 4.90 Å². The lowest BCUT2D eigenvalue weighted by Gasteiger charge is -2.09. The van der Waals surface area contributed by atoms with Gasteiger partial charge in [0.2, 0.25) is 0 Å². The molecule has 0 atom stereocenters. The Morgan fingerprint density at radius 1 is 1.10 bits per heavy atom. The van der Waals surface area contributed by atoms with E-state index in [9.17, 15) is 8.42 Å². The zero-order chi connectivity index (χ0) is 14.6. The lowest BCUT2D eigenvalue weighted by Crippen LogP contribution is -2.13.